The van der Waals surface area contributed by atoms with Crippen LogP contribution in [-0.4, -0.2) is 12.2 Å². The summed E-state index contributed by atoms with van der Waals surface area (Å²) in [5, 5.41) is 3.93. The number of fused-ring (bicyclic) bond motifs is 1. The van der Waals surface area contributed by atoms with Crippen LogP contribution in [0.5, 0.6) is 0 Å². The van der Waals surface area contributed by atoms with Crippen molar-refractivity contribution in [1.82, 2.24) is 0 Å². The van der Waals surface area contributed by atoms with E-state index in [1.54, 1.807) is 11.8 Å². The molecule has 0 atom stereocenters. The zero-order valence-corrected chi connectivity index (χ0v) is 13.6. The SMILES string of the molecule is CSc1ccccc1NC(=O)c1oc2ccc(C)cc2c1C. The summed E-state index contributed by atoms with van der Waals surface area (Å²) in [7, 11) is 0. The maximum atomic E-state index is 12.5. The van der Waals surface area contributed by atoms with Gasteiger partial charge in [0.2, 0.25) is 0 Å². The molecule has 22 heavy (non-hydrogen) atoms. The number of hydrogen-bond donors (Lipinski definition) is 1. The predicted octanol–water partition coefficient (Wildman–Crippen LogP) is 5.02. The Morgan fingerprint density at radius 2 is 1.91 bits per heavy atom. The monoisotopic (exact) mass is 311 g/mol. The first-order valence-corrected chi connectivity index (χ1v) is 8.26. The van der Waals surface area contributed by atoms with E-state index in [4.69, 9.17) is 4.42 Å². The zero-order chi connectivity index (χ0) is 15.7. The largest absolute Gasteiger partial charge is 0.451 e. The molecular weight excluding hydrogens is 294 g/mol. The van der Waals surface area contributed by atoms with Crippen LogP contribution < -0.4 is 5.32 Å². The Labute approximate surface area is 133 Å². The number of aryl methyl sites for hydroxylation is 2. The van der Waals surface area contributed by atoms with E-state index < -0.39 is 0 Å². The smallest absolute Gasteiger partial charge is 0.291 e. The second-order valence-corrected chi connectivity index (χ2v) is 6.06. The lowest BCUT2D eigenvalue weighted by Gasteiger charge is -2.08. The summed E-state index contributed by atoms with van der Waals surface area (Å²) in [5.74, 6) is 0.157. The van der Waals surface area contributed by atoms with Crippen molar-refractivity contribution < 1.29 is 9.21 Å². The highest BCUT2D eigenvalue weighted by Crippen LogP contribution is 2.29. The van der Waals surface area contributed by atoms with E-state index >= 15 is 0 Å². The van der Waals surface area contributed by atoms with Gasteiger partial charge in [0.05, 0.1) is 5.69 Å². The van der Waals surface area contributed by atoms with E-state index in [1.165, 1.54) is 0 Å². The van der Waals surface area contributed by atoms with Crippen LogP contribution in [0.15, 0.2) is 51.8 Å². The van der Waals surface area contributed by atoms with Gasteiger partial charge in [0.1, 0.15) is 5.58 Å². The lowest BCUT2D eigenvalue weighted by atomic mass is 10.1. The first kappa shape index (κ1) is 14.7. The average molecular weight is 311 g/mol. The van der Waals surface area contributed by atoms with Crippen molar-refractivity contribution in [3.8, 4) is 0 Å². The van der Waals surface area contributed by atoms with Gasteiger partial charge in [0, 0.05) is 15.8 Å². The fraction of sp³-hybridized carbons (Fsp3) is 0.167. The average Bonchev–Trinajstić information content (AvgIpc) is 2.85. The maximum absolute atomic E-state index is 12.5. The summed E-state index contributed by atoms with van der Waals surface area (Å²) in [4.78, 5) is 13.6. The second kappa shape index (κ2) is 5.89. The van der Waals surface area contributed by atoms with Crippen LogP contribution in [0.25, 0.3) is 11.0 Å². The van der Waals surface area contributed by atoms with Crippen molar-refractivity contribution >= 4 is 34.3 Å². The van der Waals surface area contributed by atoms with E-state index in [0.717, 1.165) is 32.7 Å². The number of amides is 1. The molecule has 0 aliphatic rings. The first-order chi connectivity index (χ1) is 10.6. The number of benzene rings is 2. The standard InChI is InChI=1S/C18H17NO2S/c1-11-8-9-15-13(10-11)12(2)17(21-15)18(20)19-14-6-4-5-7-16(14)22-3/h4-10H,1-3H3,(H,19,20). The van der Waals surface area contributed by atoms with Crippen LogP contribution in [0.2, 0.25) is 0 Å². The molecule has 3 nitrogen and oxygen atoms in total. The van der Waals surface area contributed by atoms with Crippen LogP contribution >= 0.6 is 11.8 Å². The van der Waals surface area contributed by atoms with E-state index in [2.05, 4.69) is 5.32 Å². The molecule has 0 radical (unpaired) electrons. The number of anilines is 1. The number of carbonyl (C=O) groups excluding carboxylic acids is 1. The normalized spacial score (nSPS) is 10.9. The highest BCUT2D eigenvalue weighted by Gasteiger charge is 2.18. The number of hydrogen-bond acceptors (Lipinski definition) is 3. The van der Waals surface area contributed by atoms with Crippen LogP contribution in [0, 0.1) is 13.8 Å². The minimum absolute atomic E-state index is 0.215. The van der Waals surface area contributed by atoms with Gasteiger partial charge >= 0.3 is 0 Å². The van der Waals surface area contributed by atoms with E-state index in [1.807, 2.05) is 62.6 Å². The van der Waals surface area contributed by atoms with Crippen molar-refractivity contribution in [3.05, 3.63) is 59.4 Å². The zero-order valence-electron chi connectivity index (χ0n) is 12.8. The van der Waals surface area contributed by atoms with E-state index in [0.29, 0.717) is 5.76 Å². The van der Waals surface area contributed by atoms with Crippen molar-refractivity contribution in [2.45, 2.75) is 18.7 Å². The van der Waals surface area contributed by atoms with Gasteiger partial charge in [-0.05, 0) is 44.4 Å². The van der Waals surface area contributed by atoms with E-state index in [9.17, 15) is 4.79 Å². The van der Waals surface area contributed by atoms with Gasteiger partial charge in [0.25, 0.3) is 5.91 Å². The Balaban J connectivity index is 1.97. The quantitative estimate of drug-likeness (QED) is 0.690. The first-order valence-electron chi connectivity index (χ1n) is 7.04. The Morgan fingerprint density at radius 1 is 1.14 bits per heavy atom. The minimum Gasteiger partial charge on any atom is -0.451 e. The topological polar surface area (TPSA) is 42.2 Å². The summed E-state index contributed by atoms with van der Waals surface area (Å²) in [6.07, 6.45) is 1.99. The van der Waals surface area contributed by atoms with Gasteiger partial charge in [-0.15, -0.1) is 11.8 Å². The van der Waals surface area contributed by atoms with Gasteiger partial charge in [-0.25, -0.2) is 0 Å². The summed E-state index contributed by atoms with van der Waals surface area (Å²) >= 11 is 1.60. The number of carbonyl (C=O) groups is 1. The van der Waals surface area contributed by atoms with Crippen LogP contribution in [0.1, 0.15) is 21.7 Å². The molecule has 1 amide bonds. The van der Waals surface area contributed by atoms with Crippen LogP contribution in [0.4, 0.5) is 5.69 Å². The molecular formula is C18H17NO2S. The Bertz CT molecular complexity index is 851. The molecule has 1 heterocycles. The molecule has 0 aliphatic heterocycles. The molecule has 3 rings (SSSR count). The van der Waals surface area contributed by atoms with E-state index in [-0.39, 0.29) is 5.91 Å². The number of rotatable bonds is 3. The van der Waals surface area contributed by atoms with Crippen LogP contribution in [0.3, 0.4) is 0 Å². The third kappa shape index (κ3) is 2.62. The molecule has 4 heteroatoms. The lowest BCUT2D eigenvalue weighted by molar-refractivity contribution is 0.0997. The maximum Gasteiger partial charge on any atom is 0.291 e. The highest BCUT2D eigenvalue weighted by atomic mass is 32.2. The van der Waals surface area contributed by atoms with Gasteiger partial charge < -0.3 is 9.73 Å². The van der Waals surface area contributed by atoms with Crippen molar-refractivity contribution in [2.75, 3.05) is 11.6 Å². The van der Waals surface area contributed by atoms with Crippen molar-refractivity contribution in [1.29, 1.82) is 0 Å². The molecule has 1 N–H and O–H groups in total. The molecule has 0 spiro atoms. The number of furan rings is 1. The fourth-order valence-electron chi connectivity index (χ4n) is 2.48. The molecule has 0 unspecified atom stereocenters. The van der Waals surface area contributed by atoms with Gasteiger partial charge in [-0.2, -0.15) is 0 Å². The number of nitrogens with one attached hydrogen (secondary N) is 1. The van der Waals surface area contributed by atoms with Gasteiger partial charge in [-0.3, -0.25) is 4.79 Å². The van der Waals surface area contributed by atoms with Crippen molar-refractivity contribution in [2.24, 2.45) is 0 Å². The summed E-state index contributed by atoms with van der Waals surface area (Å²) < 4.78 is 5.74. The Kier molecular flexibility index (Phi) is 3.94. The molecule has 0 aliphatic carbocycles. The Morgan fingerprint density at radius 3 is 2.68 bits per heavy atom. The molecule has 1 aromatic heterocycles. The molecule has 0 saturated carbocycles. The van der Waals surface area contributed by atoms with Crippen molar-refractivity contribution in [3.63, 3.8) is 0 Å². The number of para-hydroxylation sites is 1. The predicted molar refractivity (Wildman–Crippen MR) is 91.9 cm³/mol. The fourth-order valence-corrected chi connectivity index (χ4v) is 3.03. The van der Waals surface area contributed by atoms with Crippen LogP contribution in [-0.2, 0) is 0 Å². The molecule has 2 aromatic carbocycles. The summed E-state index contributed by atoms with van der Waals surface area (Å²) in [6.45, 7) is 3.95. The lowest BCUT2D eigenvalue weighted by Crippen LogP contribution is -2.12. The highest BCUT2D eigenvalue weighted by molar-refractivity contribution is 7.98. The second-order valence-electron chi connectivity index (χ2n) is 5.21. The Hall–Kier alpha value is -2.20. The minimum atomic E-state index is -0.215. The molecule has 0 fully saturated rings. The third-order valence-corrected chi connectivity index (χ3v) is 4.45. The van der Waals surface area contributed by atoms with Gasteiger partial charge in [-0.1, -0.05) is 23.8 Å². The summed E-state index contributed by atoms with van der Waals surface area (Å²) in [5.41, 5.74) is 3.57. The molecule has 0 saturated heterocycles. The third-order valence-electron chi connectivity index (χ3n) is 3.65. The molecule has 3 aromatic rings. The molecule has 112 valence electrons. The molecule has 0 bridgehead atoms. The summed E-state index contributed by atoms with van der Waals surface area (Å²) in [6, 6.07) is 13.7. The number of thioether (sulfide) groups is 1. The van der Waals surface area contributed by atoms with Gasteiger partial charge in [0.15, 0.2) is 5.76 Å².